The fourth-order valence-corrected chi connectivity index (χ4v) is 5.42. The highest BCUT2D eigenvalue weighted by atomic mass is 16.7. The molecule has 0 bridgehead atoms. The Balaban J connectivity index is 1.81. The average Bonchev–Trinajstić information content (AvgIpc) is 3.10. The molecule has 15 heteroatoms. The maximum Gasteiger partial charge on any atom is 0.306 e. The Labute approximate surface area is 289 Å². The Morgan fingerprint density at radius 2 is 1.20 bits per heavy atom. The zero-order valence-electron chi connectivity index (χ0n) is 28.9. The van der Waals surface area contributed by atoms with Crippen LogP contribution >= 0.6 is 0 Å². The Morgan fingerprint density at radius 3 is 1.82 bits per heavy atom. The summed E-state index contributed by atoms with van der Waals surface area (Å²) in [6, 6.07) is 0. The molecule has 2 heterocycles. The Hall–Kier alpha value is -1.76. The maximum atomic E-state index is 12.6. The van der Waals surface area contributed by atoms with Gasteiger partial charge in [-0.1, -0.05) is 64.5 Å². The van der Waals surface area contributed by atoms with E-state index in [1.165, 1.54) is 25.7 Å². The summed E-state index contributed by atoms with van der Waals surface area (Å²) >= 11 is 0. The largest absolute Gasteiger partial charge is 0.462 e. The second kappa shape index (κ2) is 24.4. The lowest BCUT2D eigenvalue weighted by Crippen LogP contribution is -2.61. The van der Waals surface area contributed by atoms with Gasteiger partial charge in [0.05, 0.1) is 19.8 Å². The number of hydrogen-bond donors (Lipinski definition) is 7. The first-order valence-electron chi connectivity index (χ1n) is 17.8. The number of aliphatic hydroxyl groups excluding tert-OH is 7. The number of carbonyl (C=O) groups is 2. The summed E-state index contributed by atoms with van der Waals surface area (Å²) in [4.78, 5) is 24.4. The first-order chi connectivity index (χ1) is 23.5. The van der Waals surface area contributed by atoms with Crippen LogP contribution in [0.5, 0.6) is 0 Å². The monoisotopic (exact) mass is 708 g/mol. The van der Waals surface area contributed by atoms with Gasteiger partial charge < -0.3 is 64.2 Å². The lowest BCUT2D eigenvalue weighted by Gasteiger charge is -2.42. The Kier molecular flexibility index (Phi) is 21.6. The molecule has 0 aliphatic carbocycles. The number of aliphatic hydroxyl groups is 7. The molecular weight excluding hydrogens is 648 g/mol. The number of allylic oxidation sites excluding steroid dienone is 2. The highest BCUT2D eigenvalue weighted by molar-refractivity contribution is 5.70. The quantitative estimate of drug-likeness (QED) is 0.0417. The summed E-state index contributed by atoms with van der Waals surface area (Å²) < 4.78 is 32.6. The number of hydrogen-bond acceptors (Lipinski definition) is 15. The zero-order valence-corrected chi connectivity index (χ0v) is 28.9. The topological polar surface area (TPSA) is 231 Å². The third-order valence-electron chi connectivity index (χ3n) is 8.55. The van der Waals surface area contributed by atoms with Crippen LogP contribution in [-0.4, -0.2) is 142 Å². The van der Waals surface area contributed by atoms with Crippen molar-refractivity contribution >= 4 is 11.9 Å². The maximum absolute atomic E-state index is 12.6. The van der Waals surface area contributed by atoms with Gasteiger partial charge in [-0.05, 0) is 32.1 Å². The van der Waals surface area contributed by atoms with E-state index in [1.54, 1.807) is 6.92 Å². The van der Waals surface area contributed by atoms with Gasteiger partial charge in [-0.25, -0.2) is 0 Å². The molecule has 0 spiro atoms. The van der Waals surface area contributed by atoms with Gasteiger partial charge in [-0.15, -0.1) is 0 Å². The fourth-order valence-electron chi connectivity index (χ4n) is 5.42. The smallest absolute Gasteiger partial charge is 0.306 e. The van der Waals surface area contributed by atoms with Crippen LogP contribution in [0, 0.1) is 0 Å². The summed E-state index contributed by atoms with van der Waals surface area (Å²) in [7, 11) is 0. The summed E-state index contributed by atoms with van der Waals surface area (Å²) in [6.07, 6.45) is -0.213. The lowest BCUT2D eigenvalue weighted by molar-refractivity contribution is -0.332. The lowest BCUT2D eigenvalue weighted by atomic mass is 9.98. The summed E-state index contributed by atoms with van der Waals surface area (Å²) in [5.74, 6) is -1.04. The predicted octanol–water partition coefficient (Wildman–Crippen LogP) is 0.749. The van der Waals surface area contributed by atoms with Crippen LogP contribution in [0.1, 0.15) is 97.3 Å². The third-order valence-corrected chi connectivity index (χ3v) is 8.55. The highest BCUT2D eigenvalue weighted by Gasteiger charge is 2.47. The van der Waals surface area contributed by atoms with Gasteiger partial charge in [0, 0.05) is 12.8 Å². The van der Waals surface area contributed by atoms with Gasteiger partial charge in [0.25, 0.3) is 0 Å². The molecular formula is C34H60O15. The second-order valence-electron chi connectivity index (χ2n) is 12.7. The minimum absolute atomic E-state index is 0.0981. The molecule has 0 saturated carbocycles. The molecule has 286 valence electrons. The molecule has 2 saturated heterocycles. The molecule has 2 fully saturated rings. The van der Waals surface area contributed by atoms with Crippen molar-refractivity contribution in [1.82, 2.24) is 0 Å². The molecule has 11 unspecified atom stereocenters. The van der Waals surface area contributed by atoms with Crippen LogP contribution in [0.4, 0.5) is 0 Å². The van der Waals surface area contributed by atoms with Crippen molar-refractivity contribution in [2.24, 2.45) is 0 Å². The number of carbonyl (C=O) groups excluding carboxylic acids is 2. The molecule has 2 aliphatic heterocycles. The standard InChI is InChI=1S/C34H60O15/c1-3-5-6-7-8-9-10-11-12-13-14-15-16-17-26(37)47-22(19-44-25(36)4-2)20-45-33-32(43)30(41)28(39)24(49-33)21-46-34-31(42)29(40)27(38)23(18-35)48-34/h9-10,22-24,27-35,38-43H,3-8,11-21H2,1-2H3/b10-9-. The van der Waals surface area contributed by atoms with Crippen molar-refractivity contribution in [2.45, 2.75) is 165 Å². The van der Waals surface area contributed by atoms with E-state index < -0.39 is 92.7 Å². The first-order valence-corrected chi connectivity index (χ1v) is 17.8. The average molecular weight is 709 g/mol. The van der Waals surface area contributed by atoms with Crippen LogP contribution in [-0.2, 0) is 38.0 Å². The Morgan fingerprint density at radius 1 is 0.653 bits per heavy atom. The second-order valence-corrected chi connectivity index (χ2v) is 12.7. The molecule has 11 atom stereocenters. The third kappa shape index (κ3) is 15.6. The molecule has 0 radical (unpaired) electrons. The van der Waals surface area contributed by atoms with E-state index >= 15 is 0 Å². The van der Waals surface area contributed by atoms with E-state index in [9.17, 15) is 45.3 Å². The fraction of sp³-hybridized carbons (Fsp3) is 0.882. The van der Waals surface area contributed by atoms with Gasteiger partial charge in [-0.3, -0.25) is 9.59 Å². The van der Waals surface area contributed by atoms with Gasteiger partial charge in [0.15, 0.2) is 18.7 Å². The van der Waals surface area contributed by atoms with Crippen molar-refractivity contribution in [1.29, 1.82) is 0 Å². The molecule has 0 aromatic heterocycles. The molecule has 2 rings (SSSR count). The van der Waals surface area contributed by atoms with Crippen LogP contribution in [0.25, 0.3) is 0 Å². The summed E-state index contributed by atoms with van der Waals surface area (Å²) in [6.45, 7) is 1.90. The van der Waals surface area contributed by atoms with Crippen LogP contribution < -0.4 is 0 Å². The van der Waals surface area contributed by atoms with Gasteiger partial charge >= 0.3 is 11.9 Å². The van der Waals surface area contributed by atoms with Gasteiger partial charge in [0.2, 0.25) is 0 Å². The van der Waals surface area contributed by atoms with E-state index in [-0.39, 0.29) is 26.1 Å². The number of rotatable bonds is 24. The SMILES string of the molecule is CCCCCC/C=C\CCCCCCCC(=O)OC(COC(=O)CC)COC1OC(COC2OC(CO)C(O)C(O)C2O)C(O)C(O)C1O. The van der Waals surface area contributed by atoms with Crippen LogP contribution in [0.3, 0.4) is 0 Å². The minimum Gasteiger partial charge on any atom is -0.462 e. The van der Waals surface area contributed by atoms with Crippen molar-refractivity contribution in [3.63, 3.8) is 0 Å². The summed E-state index contributed by atoms with van der Waals surface area (Å²) in [5.41, 5.74) is 0. The number of ether oxygens (including phenoxy) is 6. The minimum atomic E-state index is -1.76. The molecule has 0 aromatic carbocycles. The number of esters is 2. The van der Waals surface area contributed by atoms with Crippen molar-refractivity contribution in [3.8, 4) is 0 Å². The van der Waals surface area contributed by atoms with Crippen molar-refractivity contribution in [2.75, 3.05) is 26.4 Å². The van der Waals surface area contributed by atoms with E-state index in [1.807, 2.05) is 0 Å². The normalized spacial score (nSPS) is 31.1. The summed E-state index contributed by atoms with van der Waals surface area (Å²) in [5, 5.41) is 70.9. The van der Waals surface area contributed by atoms with Crippen molar-refractivity contribution in [3.05, 3.63) is 12.2 Å². The molecule has 15 nitrogen and oxygen atoms in total. The molecule has 49 heavy (non-hydrogen) atoms. The van der Waals surface area contributed by atoms with Gasteiger partial charge in [-0.2, -0.15) is 0 Å². The van der Waals surface area contributed by atoms with Crippen LogP contribution in [0.2, 0.25) is 0 Å². The first kappa shape index (κ1) is 43.4. The molecule has 0 amide bonds. The highest BCUT2D eigenvalue weighted by Crippen LogP contribution is 2.26. The van der Waals surface area contributed by atoms with E-state index in [4.69, 9.17) is 28.4 Å². The van der Waals surface area contributed by atoms with Crippen LogP contribution in [0.15, 0.2) is 12.2 Å². The van der Waals surface area contributed by atoms with E-state index in [0.29, 0.717) is 6.42 Å². The molecule has 0 aromatic rings. The van der Waals surface area contributed by atoms with Crippen molar-refractivity contribution < 1.29 is 73.8 Å². The zero-order chi connectivity index (χ0) is 36.2. The Bertz CT molecular complexity index is 933. The van der Waals surface area contributed by atoms with E-state index in [0.717, 1.165) is 38.5 Å². The predicted molar refractivity (Wildman–Crippen MR) is 174 cm³/mol. The molecule has 2 aliphatic rings. The molecule has 7 N–H and O–H groups in total. The van der Waals surface area contributed by atoms with Gasteiger partial charge in [0.1, 0.15) is 55.4 Å². The number of unbranched alkanes of at least 4 members (excludes halogenated alkanes) is 9. The van der Waals surface area contributed by atoms with E-state index in [2.05, 4.69) is 19.1 Å².